The summed E-state index contributed by atoms with van der Waals surface area (Å²) in [7, 11) is 3.11. The number of carbonyl (C=O) groups excluding carboxylic acids is 1. The average molecular weight is 492 g/mol. The lowest BCUT2D eigenvalue weighted by molar-refractivity contribution is -0.390. The van der Waals surface area contributed by atoms with E-state index in [1.165, 1.54) is 30.3 Å². The molecule has 0 atom stereocenters. The molecule has 1 amide bonds. The van der Waals surface area contributed by atoms with Gasteiger partial charge in [-0.2, -0.15) is 9.78 Å². The fourth-order valence-electron chi connectivity index (χ4n) is 2.84. The summed E-state index contributed by atoms with van der Waals surface area (Å²) in [6.45, 7) is 1.97. The number of hydrogen-bond acceptors (Lipinski definition) is 8. The Bertz CT molecular complexity index is 1150. The van der Waals surface area contributed by atoms with Crippen molar-refractivity contribution in [3.05, 3.63) is 67.7 Å². The molecule has 0 aliphatic heterocycles. The number of rotatable bonds is 8. The van der Waals surface area contributed by atoms with Gasteiger partial charge in [-0.3, -0.25) is 4.79 Å². The van der Waals surface area contributed by atoms with E-state index in [-0.39, 0.29) is 22.6 Å². The molecule has 1 N–H and O–H groups in total. The first-order chi connectivity index (χ1) is 14.8. The van der Waals surface area contributed by atoms with E-state index in [0.29, 0.717) is 22.8 Å². The number of methoxy groups -OCH3 is 2. The van der Waals surface area contributed by atoms with E-state index in [1.807, 2.05) is 6.92 Å². The Kier molecular flexibility index (Phi) is 6.70. The van der Waals surface area contributed by atoms with Crippen LogP contribution in [0.2, 0.25) is 0 Å². The second kappa shape index (κ2) is 9.43. The molecule has 2 aromatic heterocycles. The number of hydrazone groups is 1. The van der Waals surface area contributed by atoms with E-state index < -0.39 is 10.8 Å². The third-order valence-electron chi connectivity index (χ3n) is 4.26. The Morgan fingerprint density at radius 3 is 2.77 bits per heavy atom. The highest BCUT2D eigenvalue weighted by atomic mass is 79.9. The molecule has 11 nitrogen and oxygen atoms in total. The quantitative estimate of drug-likeness (QED) is 0.290. The predicted octanol–water partition coefficient (Wildman–Crippen LogP) is 3.28. The molecule has 0 spiro atoms. The highest BCUT2D eigenvalue weighted by Crippen LogP contribution is 2.30. The lowest BCUT2D eigenvalue weighted by atomic mass is 10.1. The number of aromatic nitrogens is 2. The summed E-state index contributed by atoms with van der Waals surface area (Å²) in [4.78, 5) is 22.6. The SMILES string of the molecule is COc1ccc(C=NNC(=O)c2ccc(Cn3cc(Br)c([N+](=O)[O-])n3)o2)c(OC)c1C. The zero-order valence-corrected chi connectivity index (χ0v) is 18.4. The number of hydrogen-bond donors (Lipinski definition) is 1. The van der Waals surface area contributed by atoms with Crippen LogP contribution in [0.5, 0.6) is 11.5 Å². The van der Waals surface area contributed by atoms with E-state index in [2.05, 4.69) is 31.6 Å². The van der Waals surface area contributed by atoms with Crippen molar-refractivity contribution in [1.29, 1.82) is 0 Å². The topological polar surface area (TPSA) is 134 Å². The summed E-state index contributed by atoms with van der Waals surface area (Å²) < 4.78 is 17.7. The zero-order chi connectivity index (χ0) is 22.5. The number of nitrogens with zero attached hydrogens (tertiary/aromatic N) is 4. The van der Waals surface area contributed by atoms with Gasteiger partial charge in [-0.05, 0) is 52.0 Å². The van der Waals surface area contributed by atoms with Crippen molar-refractivity contribution in [2.45, 2.75) is 13.5 Å². The number of halogens is 1. The summed E-state index contributed by atoms with van der Waals surface area (Å²) in [5, 5.41) is 18.7. The van der Waals surface area contributed by atoms with E-state index >= 15 is 0 Å². The number of furan rings is 1. The molecule has 162 valence electrons. The van der Waals surface area contributed by atoms with Crippen molar-refractivity contribution < 1.29 is 23.6 Å². The molecule has 3 aromatic rings. The van der Waals surface area contributed by atoms with Crippen molar-refractivity contribution in [1.82, 2.24) is 15.2 Å². The van der Waals surface area contributed by atoms with E-state index in [0.717, 1.165) is 5.56 Å². The molecule has 0 saturated heterocycles. The zero-order valence-electron chi connectivity index (χ0n) is 16.8. The van der Waals surface area contributed by atoms with Crippen molar-refractivity contribution in [2.24, 2.45) is 5.10 Å². The van der Waals surface area contributed by atoms with Gasteiger partial charge in [0.25, 0.3) is 0 Å². The highest BCUT2D eigenvalue weighted by Gasteiger charge is 2.20. The average Bonchev–Trinajstić information content (AvgIpc) is 3.35. The molecular weight excluding hydrogens is 474 g/mol. The maximum Gasteiger partial charge on any atom is 0.404 e. The van der Waals surface area contributed by atoms with Crippen LogP contribution in [0.1, 0.15) is 27.4 Å². The van der Waals surface area contributed by atoms with Crippen LogP contribution in [-0.2, 0) is 6.54 Å². The minimum atomic E-state index is -0.598. The van der Waals surface area contributed by atoms with Crippen LogP contribution in [-0.4, -0.2) is 41.0 Å². The molecule has 0 saturated carbocycles. The molecule has 0 radical (unpaired) electrons. The Morgan fingerprint density at radius 2 is 2.13 bits per heavy atom. The third kappa shape index (κ3) is 4.91. The largest absolute Gasteiger partial charge is 0.496 e. The molecule has 0 unspecified atom stereocenters. The molecule has 31 heavy (non-hydrogen) atoms. The van der Waals surface area contributed by atoms with Crippen LogP contribution < -0.4 is 14.9 Å². The van der Waals surface area contributed by atoms with Gasteiger partial charge in [0, 0.05) is 11.1 Å². The molecule has 0 fully saturated rings. The summed E-state index contributed by atoms with van der Waals surface area (Å²) in [6, 6.07) is 6.59. The number of nitro groups is 1. The highest BCUT2D eigenvalue weighted by molar-refractivity contribution is 9.10. The summed E-state index contributed by atoms with van der Waals surface area (Å²) in [6.07, 6.45) is 2.91. The van der Waals surface area contributed by atoms with E-state index in [9.17, 15) is 14.9 Å². The second-order valence-corrected chi connectivity index (χ2v) is 7.09. The van der Waals surface area contributed by atoms with Gasteiger partial charge in [0.2, 0.25) is 0 Å². The Morgan fingerprint density at radius 1 is 1.35 bits per heavy atom. The van der Waals surface area contributed by atoms with Crippen molar-refractivity contribution in [3.8, 4) is 11.5 Å². The second-order valence-electron chi connectivity index (χ2n) is 6.24. The van der Waals surface area contributed by atoms with E-state index in [4.69, 9.17) is 13.9 Å². The fourth-order valence-corrected chi connectivity index (χ4v) is 3.30. The van der Waals surface area contributed by atoms with E-state index in [1.54, 1.807) is 25.3 Å². The molecule has 2 heterocycles. The molecule has 1 aromatic carbocycles. The monoisotopic (exact) mass is 491 g/mol. The maximum atomic E-state index is 12.3. The summed E-state index contributed by atoms with van der Waals surface area (Å²) in [5.41, 5.74) is 3.85. The predicted molar refractivity (Wildman–Crippen MR) is 114 cm³/mol. The lowest BCUT2D eigenvalue weighted by Gasteiger charge is -2.11. The first-order valence-corrected chi connectivity index (χ1v) is 9.64. The molecule has 12 heteroatoms. The standard InChI is InChI=1S/C19H18BrN5O6/c1-11-15(29-2)6-4-12(17(11)30-3)8-21-22-19(26)16-7-5-13(31-16)9-24-10-14(20)18(23-24)25(27)28/h4-8,10H,9H2,1-3H3,(H,22,26). The Hall–Kier alpha value is -3.67. The number of amides is 1. The smallest absolute Gasteiger partial charge is 0.404 e. The minimum absolute atomic E-state index is 0.0331. The molecular formula is C19H18BrN5O6. The first kappa shape index (κ1) is 22.0. The van der Waals surface area contributed by atoms with Crippen LogP contribution in [0, 0.1) is 17.0 Å². The Balaban J connectivity index is 1.66. The van der Waals surface area contributed by atoms with Gasteiger partial charge >= 0.3 is 11.7 Å². The molecule has 0 aliphatic rings. The first-order valence-electron chi connectivity index (χ1n) is 8.85. The number of ether oxygens (including phenoxy) is 2. The summed E-state index contributed by atoms with van der Waals surface area (Å²) in [5.74, 6) is 0.826. The van der Waals surface area contributed by atoms with Gasteiger partial charge in [0.15, 0.2) is 5.76 Å². The van der Waals surface area contributed by atoms with Crippen molar-refractivity contribution >= 4 is 33.9 Å². The van der Waals surface area contributed by atoms with Crippen LogP contribution in [0.15, 0.2) is 44.5 Å². The number of benzene rings is 1. The minimum Gasteiger partial charge on any atom is -0.496 e. The number of nitrogens with one attached hydrogen (secondary N) is 1. The fraction of sp³-hybridized carbons (Fsp3) is 0.211. The van der Waals surface area contributed by atoms with Gasteiger partial charge in [-0.15, -0.1) is 0 Å². The van der Waals surface area contributed by atoms with Crippen LogP contribution in [0.25, 0.3) is 0 Å². The normalized spacial score (nSPS) is 11.0. The van der Waals surface area contributed by atoms with Crippen LogP contribution >= 0.6 is 15.9 Å². The van der Waals surface area contributed by atoms with Crippen LogP contribution in [0.3, 0.4) is 0 Å². The van der Waals surface area contributed by atoms with Crippen molar-refractivity contribution in [2.75, 3.05) is 14.2 Å². The van der Waals surface area contributed by atoms with Crippen molar-refractivity contribution in [3.63, 3.8) is 0 Å². The maximum absolute atomic E-state index is 12.3. The van der Waals surface area contributed by atoms with Crippen LogP contribution in [0.4, 0.5) is 5.82 Å². The molecule has 0 bridgehead atoms. The van der Waals surface area contributed by atoms with Gasteiger partial charge in [0.1, 0.15) is 28.3 Å². The number of carbonyl (C=O) groups is 1. The third-order valence-corrected chi connectivity index (χ3v) is 4.82. The van der Waals surface area contributed by atoms with Gasteiger partial charge in [-0.1, -0.05) is 0 Å². The molecule has 0 aliphatic carbocycles. The van der Waals surface area contributed by atoms with Gasteiger partial charge in [-0.25, -0.2) is 5.43 Å². The summed E-state index contributed by atoms with van der Waals surface area (Å²) >= 11 is 3.08. The lowest BCUT2D eigenvalue weighted by Crippen LogP contribution is -2.17. The Labute approximate surface area is 184 Å². The van der Waals surface area contributed by atoms with Gasteiger partial charge < -0.3 is 24.0 Å². The molecule has 3 rings (SSSR count). The van der Waals surface area contributed by atoms with Gasteiger partial charge in [0.05, 0.1) is 31.7 Å².